The van der Waals surface area contributed by atoms with Crippen LogP contribution in [-0.2, 0) is 23.2 Å². The van der Waals surface area contributed by atoms with Crippen LogP contribution in [0.4, 0.5) is 5.82 Å². The predicted molar refractivity (Wildman–Crippen MR) is 80.3 cm³/mol. The number of hydrogen-bond acceptors (Lipinski definition) is 5. The SMILES string of the molecule is CC(C)(C(=O)O)n1ccc(NC(=O)c2noc3c2CCCC3)n1. The molecule has 3 rings (SSSR count). The van der Waals surface area contributed by atoms with E-state index in [0.29, 0.717) is 0 Å². The van der Waals surface area contributed by atoms with Crippen LogP contribution in [0.15, 0.2) is 16.8 Å². The van der Waals surface area contributed by atoms with Gasteiger partial charge >= 0.3 is 5.97 Å². The van der Waals surface area contributed by atoms with Crippen LogP contribution in [0.25, 0.3) is 0 Å². The molecule has 0 aromatic carbocycles. The minimum atomic E-state index is -1.20. The molecule has 1 amide bonds. The van der Waals surface area contributed by atoms with Crippen molar-refractivity contribution in [2.45, 2.75) is 45.1 Å². The van der Waals surface area contributed by atoms with Gasteiger partial charge in [-0.25, -0.2) is 4.79 Å². The highest BCUT2D eigenvalue weighted by molar-refractivity contribution is 6.03. The fourth-order valence-electron chi connectivity index (χ4n) is 2.54. The third kappa shape index (κ3) is 2.71. The molecule has 0 atom stereocenters. The van der Waals surface area contributed by atoms with Gasteiger partial charge in [0.2, 0.25) is 0 Å². The average molecular weight is 318 g/mol. The maximum Gasteiger partial charge on any atom is 0.331 e. The summed E-state index contributed by atoms with van der Waals surface area (Å²) in [6, 6.07) is 1.55. The van der Waals surface area contributed by atoms with E-state index < -0.39 is 17.4 Å². The molecule has 0 radical (unpaired) electrons. The third-order valence-electron chi connectivity index (χ3n) is 4.09. The molecule has 0 saturated heterocycles. The van der Waals surface area contributed by atoms with E-state index in [-0.39, 0.29) is 11.5 Å². The van der Waals surface area contributed by atoms with Crippen LogP contribution in [0, 0.1) is 0 Å². The number of aromatic nitrogens is 3. The molecule has 8 heteroatoms. The quantitative estimate of drug-likeness (QED) is 0.889. The summed E-state index contributed by atoms with van der Waals surface area (Å²) in [5.41, 5.74) is -0.0541. The second-order valence-corrected chi connectivity index (χ2v) is 6.10. The summed E-state index contributed by atoms with van der Waals surface area (Å²) in [6.07, 6.45) is 5.15. The van der Waals surface area contributed by atoms with E-state index in [9.17, 15) is 14.7 Å². The first-order chi connectivity index (χ1) is 10.9. The lowest BCUT2D eigenvalue weighted by atomic mass is 9.96. The number of anilines is 1. The van der Waals surface area contributed by atoms with Crippen molar-refractivity contribution in [1.29, 1.82) is 0 Å². The van der Waals surface area contributed by atoms with E-state index in [2.05, 4.69) is 15.6 Å². The number of aryl methyl sites for hydroxylation is 1. The Hall–Kier alpha value is -2.64. The summed E-state index contributed by atoms with van der Waals surface area (Å²) in [6.45, 7) is 3.06. The highest BCUT2D eigenvalue weighted by atomic mass is 16.5. The van der Waals surface area contributed by atoms with Crippen LogP contribution in [0.3, 0.4) is 0 Å². The summed E-state index contributed by atoms with van der Waals surface area (Å²) >= 11 is 0. The molecule has 8 nitrogen and oxygen atoms in total. The smallest absolute Gasteiger partial charge is 0.331 e. The molecule has 0 bridgehead atoms. The molecule has 122 valence electrons. The second kappa shape index (κ2) is 5.53. The first kappa shape index (κ1) is 15.3. The van der Waals surface area contributed by atoms with Gasteiger partial charge < -0.3 is 14.9 Å². The van der Waals surface area contributed by atoms with Crippen LogP contribution in [0.5, 0.6) is 0 Å². The van der Waals surface area contributed by atoms with Crippen LogP contribution in [0.1, 0.15) is 48.5 Å². The monoisotopic (exact) mass is 318 g/mol. The number of carbonyl (C=O) groups excluding carboxylic acids is 1. The zero-order valence-corrected chi connectivity index (χ0v) is 13.0. The van der Waals surface area contributed by atoms with E-state index in [1.807, 2.05) is 0 Å². The largest absolute Gasteiger partial charge is 0.479 e. The highest BCUT2D eigenvalue weighted by Crippen LogP contribution is 2.25. The van der Waals surface area contributed by atoms with Crippen molar-refractivity contribution in [1.82, 2.24) is 14.9 Å². The number of amides is 1. The van der Waals surface area contributed by atoms with E-state index in [0.717, 1.165) is 37.0 Å². The Kier molecular flexibility index (Phi) is 3.67. The van der Waals surface area contributed by atoms with Crippen LogP contribution < -0.4 is 5.32 Å². The summed E-state index contributed by atoms with van der Waals surface area (Å²) < 4.78 is 6.52. The number of nitrogens with one attached hydrogen (secondary N) is 1. The summed E-state index contributed by atoms with van der Waals surface area (Å²) in [7, 11) is 0. The number of hydrogen-bond donors (Lipinski definition) is 2. The predicted octanol–water partition coefficient (Wildman–Crippen LogP) is 1.82. The molecule has 0 aliphatic heterocycles. The summed E-state index contributed by atoms with van der Waals surface area (Å²) in [5, 5.41) is 19.8. The number of aliphatic carboxylic acids is 1. The fraction of sp³-hybridized carbons (Fsp3) is 0.467. The molecule has 1 aliphatic carbocycles. The van der Waals surface area contributed by atoms with Gasteiger partial charge in [-0.05, 0) is 33.1 Å². The summed E-state index contributed by atoms with van der Waals surface area (Å²) in [4.78, 5) is 23.6. The lowest BCUT2D eigenvalue weighted by molar-refractivity contribution is -0.146. The Bertz CT molecular complexity index is 759. The van der Waals surface area contributed by atoms with E-state index in [4.69, 9.17) is 4.52 Å². The van der Waals surface area contributed by atoms with Gasteiger partial charge in [-0.3, -0.25) is 9.48 Å². The molecule has 23 heavy (non-hydrogen) atoms. The molecule has 2 aromatic heterocycles. The minimum Gasteiger partial charge on any atom is -0.479 e. The normalized spacial score (nSPS) is 14.3. The van der Waals surface area contributed by atoms with Crippen molar-refractivity contribution in [3.05, 3.63) is 29.3 Å². The van der Waals surface area contributed by atoms with Gasteiger partial charge in [-0.15, -0.1) is 0 Å². The number of nitrogens with zero attached hydrogens (tertiary/aromatic N) is 3. The second-order valence-electron chi connectivity index (χ2n) is 6.10. The van der Waals surface area contributed by atoms with Crippen molar-refractivity contribution in [2.24, 2.45) is 0 Å². The van der Waals surface area contributed by atoms with Gasteiger partial charge in [0.1, 0.15) is 5.76 Å². The first-order valence-electron chi connectivity index (χ1n) is 7.48. The third-order valence-corrected chi connectivity index (χ3v) is 4.09. The molecule has 0 fully saturated rings. The molecular formula is C15H18N4O4. The number of carbonyl (C=O) groups is 2. The summed E-state index contributed by atoms with van der Waals surface area (Å²) in [5.74, 6) is -0.352. The molecule has 0 saturated carbocycles. The van der Waals surface area contributed by atoms with Crippen LogP contribution in [-0.4, -0.2) is 31.9 Å². The van der Waals surface area contributed by atoms with E-state index >= 15 is 0 Å². The number of fused-ring (bicyclic) bond motifs is 1. The Labute approximate surface area is 132 Å². The minimum absolute atomic E-state index is 0.275. The van der Waals surface area contributed by atoms with Crippen molar-refractivity contribution in [3.63, 3.8) is 0 Å². The molecular weight excluding hydrogens is 300 g/mol. The van der Waals surface area contributed by atoms with Gasteiger partial charge in [-0.2, -0.15) is 5.10 Å². The van der Waals surface area contributed by atoms with Crippen molar-refractivity contribution in [3.8, 4) is 0 Å². The zero-order valence-electron chi connectivity index (χ0n) is 13.0. The lowest BCUT2D eigenvalue weighted by Gasteiger charge is -2.19. The average Bonchev–Trinajstić information content (AvgIpc) is 3.13. The topological polar surface area (TPSA) is 110 Å². The molecule has 0 unspecified atom stereocenters. The maximum atomic E-state index is 12.3. The van der Waals surface area contributed by atoms with Crippen molar-refractivity contribution < 1.29 is 19.2 Å². The molecule has 2 N–H and O–H groups in total. The fourth-order valence-corrected chi connectivity index (χ4v) is 2.54. The maximum absolute atomic E-state index is 12.3. The van der Waals surface area contributed by atoms with E-state index in [1.165, 1.54) is 24.7 Å². The Balaban J connectivity index is 1.78. The first-order valence-corrected chi connectivity index (χ1v) is 7.48. The Morgan fingerprint density at radius 2 is 2.09 bits per heavy atom. The van der Waals surface area contributed by atoms with Crippen molar-refractivity contribution >= 4 is 17.7 Å². The number of carboxylic acid groups (broad SMARTS) is 1. The molecule has 1 aliphatic rings. The number of carboxylic acids is 1. The zero-order chi connectivity index (χ0) is 16.6. The molecule has 2 heterocycles. The van der Waals surface area contributed by atoms with Gasteiger partial charge in [0, 0.05) is 24.2 Å². The van der Waals surface area contributed by atoms with Gasteiger partial charge in [0.05, 0.1) is 0 Å². The Morgan fingerprint density at radius 3 is 2.83 bits per heavy atom. The van der Waals surface area contributed by atoms with Crippen molar-refractivity contribution in [2.75, 3.05) is 5.32 Å². The van der Waals surface area contributed by atoms with Crippen LogP contribution in [0.2, 0.25) is 0 Å². The van der Waals surface area contributed by atoms with Gasteiger partial charge in [-0.1, -0.05) is 5.16 Å². The highest BCUT2D eigenvalue weighted by Gasteiger charge is 2.30. The number of rotatable bonds is 4. The van der Waals surface area contributed by atoms with Crippen LogP contribution >= 0.6 is 0 Å². The van der Waals surface area contributed by atoms with Gasteiger partial charge in [0.15, 0.2) is 17.1 Å². The molecule has 2 aromatic rings. The molecule has 0 spiro atoms. The standard InChI is InChI=1S/C15H18N4O4/c1-15(2,14(21)22)19-8-7-11(17-19)16-13(20)12-9-5-3-4-6-10(9)23-18-12/h7-8H,3-6H2,1-2H3,(H,21,22)(H,16,17,20). The lowest BCUT2D eigenvalue weighted by Crippen LogP contribution is -2.36. The van der Waals surface area contributed by atoms with E-state index in [1.54, 1.807) is 6.07 Å². The Morgan fingerprint density at radius 1 is 1.35 bits per heavy atom. The van der Waals surface area contributed by atoms with Gasteiger partial charge in [0.25, 0.3) is 5.91 Å².